The highest BCUT2D eigenvalue weighted by molar-refractivity contribution is 6.76. The molecule has 1 aliphatic rings. The molecule has 0 amide bonds. The van der Waals surface area contributed by atoms with E-state index in [1.807, 2.05) is 30.3 Å². The van der Waals surface area contributed by atoms with E-state index in [-0.39, 0.29) is 6.10 Å². The molecule has 1 aromatic carbocycles. The van der Waals surface area contributed by atoms with E-state index < -0.39 is 14.2 Å². The Kier molecular flexibility index (Phi) is 3.87. The zero-order valence-electron chi connectivity index (χ0n) is 11.3. The van der Waals surface area contributed by atoms with Gasteiger partial charge in [-0.2, -0.15) is 0 Å². The molecule has 0 spiro atoms. The number of aliphatic hydroxyl groups excluding tert-OH is 1. The maximum absolute atomic E-state index is 10.2. The Morgan fingerprint density at radius 2 is 1.94 bits per heavy atom. The van der Waals surface area contributed by atoms with Crippen molar-refractivity contribution in [3.05, 3.63) is 35.9 Å². The van der Waals surface area contributed by atoms with Crippen LogP contribution in [0, 0.1) is 0 Å². The van der Waals surface area contributed by atoms with E-state index in [0.29, 0.717) is 12.1 Å². The predicted molar refractivity (Wildman–Crippen MR) is 76.6 cm³/mol. The first kappa shape index (κ1) is 13.3. The molecule has 0 unspecified atom stereocenters. The molecule has 2 rings (SSSR count). The van der Waals surface area contributed by atoms with Crippen LogP contribution in [0.5, 0.6) is 0 Å². The molecule has 0 aliphatic carbocycles. The molecule has 0 aromatic heterocycles. The van der Waals surface area contributed by atoms with Crippen molar-refractivity contribution in [1.29, 1.82) is 0 Å². The second kappa shape index (κ2) is 5.24. The highest BCUT2D eigenvalue weighted by atomic mass is 28.3. The average Bonchev–Trinajstić information content (AvgIpc) is 2.28. The second-order valence-corrected chi connectivity index (χ2v) is 11.6. The van der Waals surface area contributed by atoms with Crippen LogP contribution in [-0.2, 0) is 4.84 Å². The van der Waals surface area contributed by atoms with Crippen LogP contribution in [0.1, 0.15) is 12.0 Å². The topological polar surface area (TPSA) is 41.8 Å². The number of rotatable bonds is 3. The highest BCUT2D eigenvalue weighted by Crippen LogP contribution is 2.23. The van der Waals surface area contributed by atoms with Crippen molar-refractivity contribution >= 4 is 13.8 Å². The van der Waals surface area contributed by atoms with E-state index >= 15 is 0 Å². The summed E-state index contributed by atoms with van der Waals surface area (Å²) in [6.45, 7) is 6.91. The van der Waals surface area contributed by atoms with Gasteiger partial charge in [-0.1, -0.05) is 55.1 Å². The summed E-state index contributed by atoms with van der Waals surface area (Å²) in [5.41, 5.74) is 1.60. The van der Waals surface area contributed by atoms with Crippen LogP contribution in [0.25, 0.3) is 0 Å². The maximum atomic E-state index is 10.2. The number of benzene rings is 1. The van der Waals surface area contributed by atoms with Crippen molar-refractivity contribution < 1.29 is 9.94 Å². The molecular formula is C14H21NO2Si. The van der Waals surface area contributed by atoms with Gasteiger partial charge in [0.1, 0.15) is 17.9 Å². The van der Waals surface area contributed by atoms with Crippen LogP contribution in [0.4, 0.5) is 0 Å². The van der Waals surface area contributed by atoms with Crippen molar-refractivity contribution in [2.75, 3.05) is 0 Å². The Hall–Kier alpha value is -1.13. The van der Waals surface area contributed by atoms with Crippen molar-refractivity contribution in [3.63, 3.8) is 0 Å². The van der Waals surface area contributed by atoms with Crippen molar-refractivity contribution in [2.24, 2.45) is 5.16 Å². The fourth-order valence-corrected chi connectivity index (χ4v) is 3.86. The Morgan fingerprint density at radius 3 is 2.50 bits per heavy atom. The Labute approximate surface area is 109 Å². The Balaban J connectivity index is 2.09. The fraction of sp³-hybridized carbons (Fsp3) is 0.500. The molecule has 4 heteroatoms. The van der Waals surface area contributed by atoms with Gasteiger partial charge in [0.2, 0.25) is 0 Å². The third-order valence-electron chi connectivity index (χ3n) is 3.01. The van der Waals surface area contributed by atoms with Gasteiger partial charge in [-0.25, -0.2) is 0 Å². The molecule has 1 aromatic rings. The van der Waals surface area contributed by atoms with Gasteiger partial charge in [0.25, 0.3) is 0 Å². The van der Waals surface area contributed by atoms with Gasteiger partial charge in [-0.05, 0) is 6.04 Å². The van der Waals surface area contributed by atoms with Crippen LogP contribution >= 0.6 is 0 Å². The number of aliphatic hydroxyl groups is 1. The van der Waals surface area contributed by atoms with Gasteiger partial charge in [-0.15, -0.1) is 0 Å². The quantitative estimate of drug-likeness (QED) is 0.852. The van der Waals surface area contributed by atoms with Gasteiger partial charge < -0.3 is 9.94 Å². The molecule has 1 N–H and O–H groups in total. The molecule has 98 valence electrons. The van der Waals surface area contributed by atoms with Crippen molar-refractivity contribution in [2.45, 2.75) is 44.3 Å². The number of nitrogens with zero attached hydrogens (tertiary/aromatic N) is 1. The van der Waals surface area contributed by atoms with Gasteiger partial charge in [0.15, 0.2) is 0 Å². The molecule has 0 fully saturated rings. The van der Waals surface area contributed by atoms with E-state index in [1.165, 1.54) is 0 Å². The molecule has 0 bridgehead atoms. The lowest BCUT2D eigenvalue weighted by molar-refractivity contribution is 0.0220. The summed E-state index contributed by atoms with van der Waals surface area (Å²) in [5, 5.41) is 14.3. The molecule has 1 aliphatic heterocycles. The number of oxime groups is 1. The Bertz CT molecular complexity index is 425. The monoisotopic (exact) mass is 263 g/mol. The lowest BCUT2D eigenvalue weighted by Crippen LogP contribution is -2.37. The summed E-state index contributed by atoms with van der Waals surface area (Å²) >= 11 is 0. The minimum atomic E-state index is -1.18. The minimum Gasteiger partial charge on any atom is -0.392 e. The van der Waals surface area contributed by atoms with Crippen LogP contribution in [-0.4, -0.2) is 31.1 Å². The summed E-state index contributed by atoms with van der Waals surface area (Å²) in [6.07, 6.45) is 0.208. The molecule has 3 nitrogen and oxygen atoms in total. The lowest BCUT2D eigenvalue weighted by Gasteiger charge is -2.29. The first-order valence-electron chi connectivity index (χ1n) is 6.43. The van der Waals surface area contributed by atoms with Gasteiger partial charge in [-0.3, -0.25) is 0 Å². The second-order valence-electron chi connectivity index (χ2n) is 6.09. The molecule has 0 radical (unpaired) electrons. The summed E-state index contributed by atoms with van der Waals surface area (Å²) in [4.78, 5) is 5.55. The summed E-state index contributed by atoms with van der Waals surface area (Å²) < 4.78 is 0. The van der Waals surface area contributed by atoms with Crippen LogP contribution in [0.15, 0.2) is 35.5 Å². The van der Waals surface area contributed by atoms with Gasteiger partial charge in [0, 0.05) is 20.1 Å². The van der Waals surface area contributed by atoms with Gasteiger partial charge >= 0.3 is 0 Å². The lowest BCUT2D eigenvalue weighted by atomic mass is 10.0. The molecule has 2 atom stereocenters. The smallest absolute Gasteiger partial charge is 0.128 e. The third-order valence-corrected chi connectivity index (χ3v) is 4.69. The van der Waals surface area contributed by atoms with Crippen molar-refractivity contribution in [3.8, 4) is 0 Å². The molecule has 18 heavy (non-hydrogen) atoms. The van der Waals surface area contributed by atoms with E-state index in [4.69, 9.17) is 4.84 Å². The minimum absolute atomic E-state index is 0.0686. The summed E-state index contributed by atoms with van der Waals surface area (Å²) in [5.74, 6) is 0. The molecule has 0 saturated heterocycles. The average molecular weight is 263 g/mol. The molecule has 0 saturated carbocycles. The normalized spacial score (nSPS) is 24.3. The Morgan fingerprint density at radius 1 is 1.28 bits per heavy atom. The van der Waals surface area contributed by atoms with E-state index in [0.717, 1.165) is 11.6 Å². The highest BCUT2D eigenvalue weighted by Gasteiger charge is 2.30. The third kappa shape index (κ3) is 3.43. The van der Waals surface area contributed by atoms with E-state index in [2.05, 4.69) is 24.8 Å². The summed E-state index contributed by atoms with van der Waals surface area (Å²) in [6, 6.07) is 10.8. The van der Waals surface area contributed by atoms with Crippen LogP contribution in [0.3, 0.4) is 0 Å². The SMILES string of the molecule is C[Si](C)(C)C[C@H]1C[C@H](O)C(c2ccccc2)=NO1. The largest absolute Gasteiger partial charge is 0.392 e. The first-order valence-corrected chi connectivity index (χ1v) is 10.1. The molecule has 1 heterocycles. The van der Waals surface area contributed by atoms with Crippen LogP contribution < -0.4 is 0 Å². The summed E-state index contributed by atoms with van der Waals surface area (Å²) in [7, 11) is -1.18. The van der Waals surface area contributed by atoms with Crippen LogP contribution in [0.2, 0.25) is 25.7 Å². The van der Waals surface area contributed by atoms with Gasteiger partial charge in [0.05, 0.1) is 0 Å². The number of hydrogen-bond donors (Lipinski definition) is 1. The fourth-order valence-electron chi connectivity index (χ4n) is 2.25. The standard InChI is InChI=1S/C14H21NO2Si/c1-18(2,3)10-12-9-13(16)14(15-17-12)11-7-5-4-6-8-11/h4-8,12-13,16H,9-10H2,1-3H3/t12-,13+/m1/s1. The van der Waals surface area contributed by atoms with Crippen molar-refractivity contribution in [1.82, 2.24) is 0 Å². The number of hydrogen-bond acceptors (Lipinski definition) is 3. The zero-order valence-corrected chi connectivity index (χ0v) is 12.3. The predicted octanol–water partition coefficient (Wildman–Crippen LogP) is 2.88. The maximum Gasteiger partial charge on any atom is 0.128 e. The molecular weight excluding hydrogens is 242 g/mol. The van der Waals surface area contributed by atoms with E-state index in [1.54, 1.807) is 0 Å². The zero-order chi connectivity index (χ0) is 13.2. The first-order chi connectivity index (χ1) is 8.46. The van der Waals surface area contributed by atoms with E-state index in [9.17, 15) is 5.11 Å².